The number of hydrogen-bond acceptors (Lipinski definition) is 7. The highest BCUT2D eigenvalue weighted by Crippen LogP contribution is 2.28. The maximum Gasteiger partial charge on any atom is 0.277 e. The maximum absolute atomic E-state index is 11.3. The molecule has 0 fully saturated rings. The minimum absolute atomic E-state index is 0.0481. The first-order valence-electron chi connectivity index (χ1n) is 6.94. The lowest BCUT2D eigenvalue weighted by molar-refractivity contribution is -0.116. The Morgan fingerprint density at radius 2 is 2.08 bits per heavy atom. The summed E-state index contributed by atoms with van der Waals surface area (Å²) < 4.78 is 5.63. The third kappa shape index (κ3) is 3.95. The minimum Gasteiger partial charge on any atom is -0.411 e. The van der Waals surface area contributed by atoms with E-state index in [0.717, 1.165) is 11.3 Å². The van der Waals surface area contributed by atoms with Crippen molar-refractivity contribution in [2.45, 2.75) is 17.9 Å². The number of halogens is 1. The standard InChI is InChI=1S/C15H13ClN4O2S2/c1-9(21)20(2)14-17-12(7-23-14)8-24-15-19-18-13(22-15)10-3-5-11(16)6-4-10/h3-7H,8H2,1-2H3. The number of rotatable bonds is 5. The van der Waals surface area contributed by atoms with Gasteiger partial charge in [0.05, 0.1) is 5.69 Å². The summed E-state index contributed by atoms with van der Waals surface area (Å²) in [4.78, 5) is 17.3. The first kappa shape index (κ1) is 16.9. The number of hydrogen-bond donors (Lipinski definition) is 0. The number of amides is 1. The molecule has 6 nitrogen and oxygen atoms in total. The van der Waals surface area contributed by atoms with E-state index in [2.05, 4.69) is 15.2 Å². The van der Waals surface area contributed by atoms with Crippen molar-refractivity contribution in [2.24, 2.45) is 0 Å². The second-order valence-corrected chi connectivity index (χ2v) is 7.07. The van der Waals surface area contributed by atoms with Gasteiger partial charge in [0.15, 0.2) is 5.13 Å². The molecule has 124 valence electrons. The summed E-state index contributed by atoms with van der Waals surface area (Å²) in [7, 11) is 1.70. The molecule has 0 aliphatic rings. The van der Waals surface area contributed by atoms with Crippen LogP contribution < -0.4 is 4.90 Å². The van der Waals surface area contributed by atoms with Gasteiger partial charge in [-0.25, -0.2) is 4.98 Å². The normalized spacial score (nSPS) is 10.8. The third-order valence-corrected chi connectivity index (χ3v) is 5.21. The van der Waals surface area contributed by atoms with E-state index in [1.54, 1.807) is 19.2 Å². The number of anilines is 1. The quantitative estimate of drug-likeness (QED) is 0.620. The van der Waals surface area contributed by atoms with Gasteiger partial charge in [-0.15, -0.1) is 21.5 Å². The summed E-state index contributed by atoms with van der Waals surface area (Å²) in [6, 6.07) is 7.20. The van der Waals surface area contributed by atoms with Crippen LogP contribution in [-0.2, 0) is 10.5 Å². The van der Waals surface area contributed by atoms with Gasteiger partial charge in [0.25, 0.3) is 5.22 Å². The summed E-state index contributed by atoms with van der Waals surface area (Å²) in [6.45, 7) is 1.51. The largest absolute Gasteiger partial charge is 0.411 e. The van der Waals surface area contributed by atoms with Crippen LogP contribution >= 0.6 is 34.7 Å². The number of carbonyl (C=O) groups excluding carboxylic acids is 1. The average Bonchev–Trinajstić information content (AvgIpc) is 3.22. The molecule has 0 saturated carbocycles. The molecule has 9 heteroatoms. The maximum atomic E-state index is 11.3. The molecule has 0 unspecified atom stereocenters. The first-order chi connectivity index (χ1) is 11.5. The van der Waals surface area contributed by atoms with Crippen LogP contribution in [0.1, 0.15) is 12.6 Å². The van der Waals surface area contributed by atoms with Crippen molar-refractivity contribution in [3.8, 4) is 11.5 Å². The van der Waals surface area contributed by atoms with Crippen LogP contribution in [0.3, 0.4) is 0 Å². The monoisotopic (exact) mass is 380 g/mol. The molecule has 0 spiro atoms. The van der Waals surface area contributed by atoms with Crippen molar-refractivity contribution in [1.82, 2.24) is 15.2 Å². The van der Waals surface area contributed by atoms with Gasteiger partial charge in [0.1, 0.15) is 0 Å². The van der Waals surface area contributed by atoms with Crippen LogP contribution in [0, 0.1) is 0 Å². The Kier molecular flexibility index (Phi) is 5.17. The van der Waals surface area contributed by atoms with Gasteiger partial charge in [-0.2, -0.15) is 0 Å². The van der Waals surface area contributed by atoms with Crippen LogP contribution in [0.2, 0.25) is 5.02 Å². The zero-order valence-electron chi connectivity index (χ0n) is 12.9. The van der Waals surface area contributed by atoms with Crippen LogP contribution in [0.25, 0.3) is 11.5 Å². The Labute approximate surface area is 151 Å². The van der Waals surface area contributed by atoms with E-state index >= 15 is 0 Å². The summed E-state index contributed by atoms with van der Waals surface area (Å²) in [6.07, 6.45) is 0. The molecule has 0 aliphatic carbocycles. The minimum atomic E-state index is -0.0481. The molecule has 0 bridgehead atoms. The Hall–Kier alpha value is -1.90. The molecule has 3 aromatic rings. The first-order valence-corrected chi connectivity index (χ1v) is 9.18. The summed E-state index contributed by atoms with van der Waals surface area (Å²) in [5.41, 5.74) is 1.68. The number of carbonyl (C=O) groups is 1. The van der Waals surface area contributed by atoms with Gasteiger partial charge in [-0.1, -0.05) is 23.4 Å². The van der Waals surface area contributed by atoms with Gasteiger partial charge in [0, 0.05) is 35.7 Å². The van der Waals surface area contributed by atoms with Crippen molar-refractivity contribution < 1.29 is 9.21 Å². The number of benzene rings is 1. The van der Waals surface area contributed by atoms with Crippen molar-refractivity contribution in [1.29, 1.82) is 0 Å². The van der Waals surface area contributed by atoms with E-state index in [0.29, 0.717) is 27.0 Å². The Morgan fingerprint density at radius 3 is 2.79 bits per heavy atom. The molecule has 1 aromatic carbocycles. The van der Waals surface area contributed by atoms with E-state index in [-0.39, 0.29) is 5.91 Å². The zero-order chi connectivity index (χ0) is 17.1. The van der Waals surface area contributed by atoms with E-state index in [9.17, 15) is 4.79 Å². The highest BCUT2D eigenvalue weighted by Gasteiger charge is 2.13. The molecule has 0 atom stereocenters. The predicted molar refractivity (Wildman–Crippen MR) is 95.5 cm³/mol. The molecule has 0 radical (unpaired) electrons. The average molecular weight is 381 g/mol. The molecule has 0 aliphatic heterocycles. The SMILES string of the molecule is CC(=O)N(C)c1nc(CSc2nnc(-c3ccc(Cl)cc3)o2)cs1. The van der Waals surface area contributed by atoms with Crippen LogP contribution in [0.4, 0.5) is 5.13 Å². The fourth-order valence-corrected chi connectivity index (χ4v) is 3.49. The lowest BCUT2D eigenvalue weighted by Gasteiger charge is -2.09. The second kappa shape index (κ2) is 7.33. The van der Waals surface area contributed by atoms with Crippen LogP contribution in [0.15, 0.2) is 39.3 Å². The highest BCUT2D eigenvalue weighted by molar-refractivity contribution is 7.98. The fourth-order valence-electron chi connectivity index (χ4n) is 1.76. The second-order valence-electron chi connectivity index (χ2n) is 4.87. The number of nitrogens with zero attached hydrogens (tertiary/aromatic N) is 4. The molecule has 24 heavy (non-hydrogen) atoms. The van der Waals surface area contributed by atoms with E-state index in [1.807, 2.05) is 17.5 Å². The van der Waals surface area contributed by atoms with Crippen molar-refractivity contribution in [3.05, 3.63) is 40.4 Å². The van der Waals surface area contributed by atoms with E-state index in [4.69, 9.17) is 16.0 Å². The Balaban J connectivity index is 1.63. The topological polar surface area (TPSA) is 72.1 Å². The van der Waals surface area contributed by atoms with Gasteiger partial charge >= 0.3 is 0 Å². The van der Waals surface area contributed by atoms with Crippen molar-refractivity contribution >= 4 is 45.7 Å². The predicted octanol–water partition coefficient (Wildman–Crippen LogP) is 4.12. The summed E-state index contributed by atoms with van der Waals surface area (Å²) in [5, 5.41) is 11.8. The van der Waals surface area contributed by atoms with Crippen molar-refractivity contribution in [2.75, 3.05) is 11.9 Å². The molecular formula is C15H13ClN4O2S2. The molecule has 2 heterocycles. The highest BCUT2D eigenvalue weighted by atomic mass is 35.5. The lowest BCUT2D eigenvalue weighted by Crippen LogP contribution is -2.22. The van der Waals surface area contributed by atoms with Gasteiger partial charge < -0.3 is 4.42 Å². The molecule has 3 rings (SSSR count). The number of thiazole rings is 1. The van der Waals surface area contributed by atoms with Gasteiger partial charge in [-0.05, 0) is 24.3 Å². The number of thioether (sulfide) groups is 1. The molecule has 0 saturated heterocycles. The summed E-state index contributed by atoms with van der Waals surface area (Å²) >= 11 is 8.69. The molecule has 2 aromatic heterocycles. The van der Waals surface area contributed by atoms with E-state index in [1.165, 1.54) is 34.9 Å². The van der Waals surface area contributed by atoms with Crippen molar-refractivity contribution in [3.63, 3.8) is 0 Å². The molecule has 1 amide bonds. The number of aromatic nitrogens is 3. The van der Waals surface area contributed by atoms with Crippen LogP contribution in [-0.4, -0.2) is 28.1 Å². The molecule has 0 N–H and O–H groups in total. The van der Waals surface area contributed by atoms with Gasteiger partial charge in [-0.3, -0.25) is 9.69 Å². The fraction of sp³-hybridized carbons (Fsp3) is 0.200. The molecular weight excluding hydrogens is 368 g/mol. The lowest BCUT2D eigenvalue weighted by atomic mass is 10.2. The Bertz CT molecular complexity index is 847. The zero-order valence-corrected chi connectivity index (χ0v) is 15.3. The Morgan fingerprint density at radius 1 is 1.33 bits per heavy atom. The van der Waals surface area contributed by atoms with Gasteiger partial charge in [0.2, 0.25) is 11.8 Å². The third-order valence-electron chi connectivity index (χ3n) is 3.14. The smallest absolute Gasteiger partial charge is 0.277 e. The van der Waals surface area contributed by atoms with E-state index < -0.39 is 0 Å². The summed E-state index contributed by atoms with van der Waals surface area (Å²) in [5.74, 6) is 0.988. The van der Waals surface area contributed by atoms with Crippen LogP contribution in [0.5, 0.6) is 0 Å².